The largest absolute Gasteiger partial charge is 0.271 e. The van der Waals surface area contributed by atoms with Crippen LogP contribution < -0.4 is 11.3 Å². The molecule has 1 unspecified atom stereocenters. The van der Waals surface area contributed by atoms with Crippen LogP contribution in [0.4, 0.5) is 8.78 Å². The van der Waals surface area contributed by atoms with Gasteiger partial charge in [-0.25, -0.2) is 8.78 Å². The Labute approximate surface area is 129 Å². The Morgan fingerprint density at radius 2 is 1.85 bits per heavy atom. The van der Waals surface area contributed by atoms with E-state index in [0.29, 0.717) is 21.5 Å². The molecule has 0 saturated heterocycles. The number of benzene rings is 2. The molecule has 0 spiro atoms. The Balaban J connectivity index is 2.28. The topological polar surface area (TPSA) is 38.0 Å². The molecule has 106 valence electrons. The minimum absolute atomic E-state index is 0.347. The predicted octanol–water partition coefficient (Wildman–Crippen LogP) is 4.13. The number of hydrogen-bond acceptors (Lipinski definition) is 2. The van der Waals surface area contributed by atoms with Crippen LogP contribution in [0.1, 0.15) is 17.2 Å². The number of halogens is 4. The SMILES string of the molecule is NNC(Cc1ccc(F)c(Br)c1)c1cc(Cl)ccc1F. The molecule has 2 aromatic carbocycles. The van der Waals surface area contributed by atoms with Crippen molar-refractivity contribution in [2.24, 2.45) is 5.84 Å². The fraction of sp³-hybridized carbons (Fsp3) is 0.143. The molecular weight excluding hydrogens is 350 g/mol. The van der Waals surface area contributed by atoms with E-state index < -0.39 is 11.9 Å². The van der Waals surface area contributed by atoms with E-state index in [2.05, 4.69) is 21.4 Å². The van der Waals surface area contributed by atoms with E-state index in [0.717, 1.165) is 5.56 Å². The molecule has 1 atom stereocenters. The normalized spacial score (nSPS) is 12.4. The van der Waals surface area contributed by atoms with Gasteiger partial charge in [0.2, 0.25) is 0 Å². The van der Waals surface area contributed by atoms with Gasteiger partial charge in [0.25, 0.3) is 0 Å². The molecule has 0 aliphatic rings. The average molecular weight is 362 g/mol. The Morgan fingerprint density at radius 3 is 2.50 bits per heavy atom. The molecule has 0 aliphatic carbocycles. The van der Waals surface area contributed by atoms with Gasteiger partial charge in [-0.1, -0.05) is 17.7 Å². The lowest BCUT2D eigenvalue weighted by Crippen LogP contribution is -2.30. The average Bonchev–Trinajstić information content (AvgIpc) is 2.43. The molecule has 2 nitrogen and oxygen atoms in total. The van der Waals surface area contributed by atoms with E-state index in [1.807, 2.05) is 0 Å². The number of hydrazine groups is 1. The van der Waals surface area contributed by atoms with Gasteiger partial charge in [0, 0.05) is 10.6 Å². The molecule has 0 bridgehead atoms. The van der Waals surface area contributed by atoms with E-state index in [4.69, 9.17) is 17.4 Å². The summed E-state index contributed by atoms with van der Waals surface area (Å²) in [6.07, 6.45) is 0.409. The van der Waals surface area contributed by atoms with Crippen LogP contribution in [0, 0.1) is 11.6 Å². The molecule has 0 saturated carbocycles. The van der Waals surface area contributed by atoms with Crippen LogP contribution in [0.5, 0.6) is 0 Å². The summed E-state index contributed by atoms with van der Waals surface area (Å²) in [5.74, 6) is 4.76. The summed E-state index contributed by atoms with van der Waals surface area (Å²) < 4.78 is 27.4. The van der Waals surface area contributed by atoms with Gasteiger partial charge in [-0.05, 0) is 58.2 Å². The van der Waals surface area contributed by atoms with Gasteiger partial charge in [0.1, 0.15) is 11.6 Å². The first kappa shape index (κ1) is 15.4. The molecule has 0 aliphatic heterocycles. The van der Waals surface area contributed by atoms with Crippen molar-refractivity contribution in [2.75, 3.05) is 0 Å². The highest BCUT2D eigenvalue weighted by atomic mass is 79.9. The highest BCUT2D eigenvalue weighted by molar-refractivity contribution is 9.10. The second kappa shape index (κ2) is 6.63. The van der Waals surface area contributed by atoms with Crippen LogP contribution >= 0.6 is 27.5 Å². The van der Waals surface area contributed by atoms with Crippen LogP contribution in [0.25, 0.3) is 0 Å². The van der Waals surface area contributed by atoms with Crippen LogP contribution in [0.2, 0.25) is 5.02 Å². The zero-order valence-electron chi connectivity index (χ0n) is 10.3. The van der Waals surface area contributed by atoms with Crippen molar-refractivity contribution in [1.82, 2.24) is 5.43 Å². The molecule has 2 aromatic rings. The zero-order chi connectivity index (χ0) is 14.7. The maximum atomic E-state index is 13.8. The Bertz CT molecular complexity index is 622. The first-order valence-corrected chi connectivity index (χ1v) is 7.03. The van der Waals surface area contributed by atoms with Crippen molar-refractivity contribution >= 4 is 27.5 Å². The van der Waals surface area contributed by atoms with Crippen molar-refractivity contribution < 1.29 is 8.78 Å². The third-order valence-electron chi connectivity index (χ3n) is 2.96. The van der Waals surface area contributed by atoms with Crippen molar-refractivity contribution in [1.29, 1.82) is 0 Å². The minimum atomic E-state index is -0.453. The van der Waals surface area contributed by atoms with Crippen LogP contribution in [-0.2, 0) is 6.42 Å². The summed E-state index contributed by atoms with van der Waals surface area (Å²) in [5.41, 5.74) is 3.76. The van der Waals surface area contributed by atoms with E-state index in [1.54, 1.807) is 12.1 Å². The van der Waals surface area contributed by atoms with E-state index in [-0.39, 0.29) is 5.82 Å². The zero-order valence-corrected chi connectivity index (χ0v) is 12.7. The lowest BCUT2D eigenvalue weighted by Gasteiger charge is -2.17. The number of hydrogen-bond donors (Lipinski definition) is 2. The molecule has 0 amide bonds. The lowest BCUT2D eigenvalue weighted by atomic mass is 9.99. The van der Waals surface area contributed by atoms with Gasteiger partial charge in [0.15, 0.2) is 0 Å². The van der Waals surface area contributed by atoms with Gasteiger partial charge in [-0.3, -0.25) is 11.3 Å². The Hall–Kier alpha value is -1.01. The summed E-state index contributed by atoms with van der Waals surface area (Å²) in [7, 11) is 0. The monoisotopic (exact) mass is 360 g/mol. The third kappa shape index (κ3) is 3.55. The van der Waals surface area contributed by atoms with Crippen molar-refractivity contribution in [2.45, 2.75) is 12.5 Å². The highest BCUT2D eigenvalue weighted by Gasteiger charge is 2.16. The van der Waals surface area contributed by atoms with E-state index in [1.165, 1.54) is 24.3 Å². The summed E-state index contributed by atoms with van der Waals surface area (Å²) in [6.45, 7) is 0. The fourth-order valence-corrected chi connectivity index (χ4v) is 2.55. The first-order valence-electron chi connectivity index (χ1n) is 5.86. The van der Waals surface area contributed by atoms with Crippen LogP contribution in [0.3, 0.4) is 0 Å². The van der Waals surface area contributed by atoms with Crippen LogP contribution in [-0.4, -0.2) is 0 Å². The maximum Gasteiger partial charge on any atom is 0.137 e. The second-order valence-corrected chi connectivity index (χ2v) is 5.63. The molecule has 20 heavy (non-hydrogen) atoms. The number of nitrogens with one attached hydrogen (secondary N) is 1. The number of rotatable bonds is 4. The van der Waals surface area contributed by atoms with E-state index >= 15 is 0 Å². The quantitative estimate of drug-likeness (QED) is 0.635. The maximum absolute atomic E-state index is 13.8. The highest BCUT2D eigenvalue weighted by Crippen LogP contribution is 2.25. The Morgan fingerprint density at radius 1 is 1.15 bits per heavy atom. The summed E-state index contributed by atoms with van der Waals surface area (Å²) in [4.78, 5) is 0. The minimum Gasteiger partial charge on any atom is -0.271 e. The Kier molecular flexibility index (Phi) is 5.10. The third-order valence-corrected chi connectivity index (χ3v) is 3.80. The fourth-order valence-electron chi connectivity index (χ4n) is 1.94. The predicted molar refractivity (Wildman–Crippen MR) is 79.3 cm³/mol. The number of nitrogens with two attached hydrogens (primary N) is 1. The second-order valence-electron chi connectivity index (χ2n) is 4.34. The molecule has 0 fully saturated rings. The first-order chi connectivity index (χ1) is 9.51. The van der Waals surface area contributed by atoms with Gasteiger partial charge >= 0.3 is 0 Å². The van der Waals surface area contributed by atoms with E-state index in [9.17, 15) is 8.78 Å². The lowest BCUT2D eigenvalue weighted by molar-refractivity contribution is 0.510. The molecule has 6 heteroatoms. The van der Waals surface area contributed by atoms with Gasteiger partial charge < -0.3 is 0 Å². The van der Waals surface area contributed by atoms with Gasteiger partial charge in [-0.2, -0.15) is 0 Å². The van der Waals surface area contributed by atoms with Crippen molar-refractivity contribution in [3.63, 3.8) is 0 Å². The van der Waals surface area contributed by atoms with Crippen LogP contribution in [0.15, 0.2) is 40.9 Å². The summed E-state index contributed by atoms with van der Waals surface area (Å²) >= 11 is 8.99. The summed E-state index contributed by atoms with van der Waals surface area (Å²) in [6, 6.07) is 8.47. The van der Waals surface area contributed by atoms with Crippen molar-refractivity contribution in [3.8, 4) is 0 Å². The summed E-state index contributed by atoms with van der Waals surface area (Å²) in [5, 5.41) is 0.432. The molecule has 3 N–H and O–H groups in total. The standard InChI is InChI=1S/C14H12BrClF2N2/c15-11-5-8(1-3-13(11)18)6-14(20-19)10-7-9(16)2-4-12(10)17/h1-5,7,14,20H,6,19H2. The molecule has 0 radical (unpaired) electrons. The van der Waals surface area contributed by atoms with Gasteiger partial charge in [0.05, 0.1) is 10.5 Å². The smallest absolute Gasteiger partial charge is 0.137 e. The molecule has 0 aromatic heterocycles. The molecule has 0 heterocycles. The van der Waals surface area contributed by atoms with Crippen molar-refractivity contribution in [3.05, 3.63) is 68.7 Å². The molecule has 2 rings (SSSR count). The van der Waals surface area contributed by atoms with Gasteiger partial charge in [-0.15, -0.1) is 0 Å². The molecular formula is C14H12BrClF2N2.